The summed E-state index contributed by atoms with van der Waals surface area (Å²) in [7, 11) is 0.692. The third kappa shape index (κ3) is 6.77. The van der Waals surface area contributed by atoms with Gasteiger partial charge in [0.15, 0.2) is 0 Å². The van der Waals surface area contributed by atoms with Crippen molar-refractivity contribution in [1.82, 2.24) is 0 Å². The van der Waals surface area contributed by atoms with E-state index in [-0.39, 0.29) is 11.5 Å². The van der Waals surface area contributed by atoms with Crippen LogP contribution < -0.4 is 4.74 Å². The van der Waals surface area contributed by atoms with Gasteiger partial charge in [0.1, 0.15) is 5.75 Å². The topological polar surface area (TPSA) is 46.5 Å². The molecule has 4 heteroatoms. The molecule has 194 valence electrons. The van der Waals surface area contributed by atoms with Crippen LogP contribution in [-0.2, 0) is 10.8 Å². The summed E-state index contributed by atoms with van der Waals surface area (Å²) in [5.41, 5.74) is 3.94. The van der Waals surface area contributed by atoms with Crippen LogP contribution in [-0.4, -0.2) is 28.3 Å². The van der Waals surface area contributed by atoms with Gasteiger partial charge in [-0.15, -0.1) is 0 Å². The number of benzene rings is 1. The van der Waals surface area contributed by atoms with E-state index in [0.29, 0.717) is 23.5 Å². The summed E-state index contributed by atoms with van der Waals surface area (Å²) in [6, 6.07) is 7.60. The van der Waals surface area contributed by atoms with Gasteiger partial charge in [0.2, 0.25) is 0 Å². The van der Waals surface area contributed by atoms with E-state index in [9.17, 15) is 9.32 Å². The molecule has 3 rings (SSSR count). The summed E-state index contributed by atoms with van der Waals surface area (Å²) in [5, 5.41) is 10.2. The molecule has 0 radical (unpaired) electrons. The van der Waals surface area contributed by atoms with E-state index in [2.05, 4.69) is 46.4 Å². The highest BCUT2D eigenvalue weighted by molar-refractivity contribution is 7.85. The zero-order chi connectivity index (χ0) is 25.6. The first-order valence-electron chi connectivity index (χ1n) is 13.5. The third-order valence-corrected chi connectivity index (χ3v) is 10.6. The molecule has 2 fully saturated rings. The van der Waals surface area contributed by atoms with Crippen LogP contribution in [0.1, 0.15) is 79.1 Å². The van der Waals surface area contributed by atoms with Crippen LogP contribution in [0.15, 0.2) is 64.6 Å². The molecule has 2 aliphatic carbocycles. The summed E-state index contributed by atoms with van der Waals surface area (Å²) in [6.07, 6.45) is 12.9. The highest BCUT2D eigenvalue weighted by Crippen LogP contribution is 2.51. The maximum atomic E-state index is 12.7. The van der Waals surface area contributed by atoms with Crippen LogP contribution in [0.25, 0.3) is 0 Å². The maximum absolute atomic E-state index is 12.7. The molecule has 2 aliphatic rings. The zero-order valence-electron chi connectivity index (χ0n) is 22.5. The third-order valence-electron chi connectivity index (χ3n) is 9.17. The van der Waals surface area contributed by atoms with E-state index in [4.69, 9.17) is 4.74 Å². The number of hydrogen-bond donors (Lipinski definition) is 1. The standard InChI is InChI=1S/C31H46O3S/c1-22(10-9-21-35(33)29-18-16-28(34-6)17-19-29)24(3)31(5)20-8-12-27(25(31)4)15-14-26-11-7-13-30(32)23(26)2/h14-19,22,24-25,30,32H,2,7-13,20-21H2,1,3-6H3/b26-14-,27-15+/t22-,24?,25?,30?,31?,35?/m1/s1. The van der Waals surface area contributed by atoms with Crippen molar-refractivity contribution in [1.29, 1.82) is 0 Å². The largest absolute Gasteiger partial charge is 0.497 e. The lowest BCUT2D eigenvalue weighted by molar-refractivity contribution is 0.0592. The van der Waals surface area contributed by atoms with Crippen LogP contribution in [0.2, 0.25) is 0 Å². The second kappa shape index (κ2) is 12.5. The summed E-state index contributed by atoms with van der Waals surface area (Å²) in [6.45, 7) is 13.8. The number of aliphatic hydroxyl groups is 1. The van der Waals surface area contributed by atoms with Crippen molar-refractivity contribution >= 4 is 10.8 Å². The number of methoxy groups -OCH3 is 1. The molecule has 2 saturated carbocycles. The van der Waals surface area contributed by atoms with Crippen LogP contribution >= 0.6 is 0 Å². The molecule has 1 aromatic rings. The Morgan fingerprint density at radius 2 is 1.91 bits per heavy atom. The van der Waals surface area contributed by atoms with Crippen LogP contribution in [0, 0.1) is 23.2 Å². The van der Waals surface area contributed by atoms with E-state index >= 15 is 0 Å². The molecular formula is C31H46O3S. The summed E-state index contributed by atoms with van der Waals surface area (Å²) < 4.78 is 17.9. The average Bonchev–Trinajstić information content (AvgIpc) is 2.86. The number of rotatable bonds is 9. The van der Waals surface area contributed by atoms with E-state index in [1.807, 2.05) is 24.3 Å². The minimum atomic E-state index is -0.958. The SMILES string of the molecule is C=C1/C(=C\C=C2/CCCC(C)(C(C)[C@H](C)CCCS(=O)c3ccc(OC)cc3)C2C)CCCC1O. The van der Waals surface area contributed by atoms with Crippen molar-refractivity contribution in [3.05, 3.63) is 59.7 Å². The van der Waals surface area contributed by atoms with E-state index in [1.165, 1.54) is 18.4 Å². The van der Waals surface area contributed by atoms with E-state index < -0.39 is 10.8 Å². The van der Waals surface area contributed by atoms with Crippen molar-refractivity contribution < 1.29 is 14.1 Å². The Hall–Kier alpha value is -1.65. The van der Waals surface area contributed by atoms with Gasteiger partial charge in [-0.05, 0) is 110 Å². The Kier molecular flexibility index (Phi) is 10.0. The molecule has 6 atom stereocenters. The fraction of sp³-hybridized carbons (Fsp3) is 0.613. The molecule has 0 spiro atoms. The predicted octanol–water partition coefficient (Wildman–Crippen LogP) is 7.64. The van der Waals surface area contributed by atoms with Crippen molar-refractivity contribution in [2.24, 2.45) is 23.2 Å². The fourth-order valence-electron chi connectivity index (χ4n) is 6.09. The van der Waals surface area contributed by atoms with Crippen molar-refractivity contribution in [2.45, 2.75) is 90.1 Å². The minimum Gasteiger partial charge on any atom is -0.497 e. The highest BCUT2D eigenvalue weighted by Gasteiger charge is 2.42. The van der Waals surface area contributed by atoms with E-state index in [0.717, 1.165) is 54.7 Å². The van der Waals surface area contributed by atoms with Gasteiger partial charge in [0.05, 0.1) is 24.0 Å². The molecule has 1 aromatic carbocycles. The summed E-state index contributed by atoms with van der Waals surface area (Å²) in [5.74, 6) is 3.22. The monoisotopic (exact) mass is 498 g/mol. The Morgan fingerprint density at radius 3 is 2.60 bits per heavy atom. The summed E-state index contributed by atoms with van der Waals surface area (Å²) in [4.78, 5) is 0.886. The zero-order valence-corrected chi connectivity index (χ0v) is 23.3. The molecule has 0 amide bonds. The van der Waals surface area contributed by atoms with Gasteiger partial charge < -0.3 is 9.84 Å². The molecule has 0 heterocycles. The first-order valence-corrected chi connectivity index (χ1v) is 14.8. The van der Waals surface area contributed by atoms with E-state index in [1.54, 1.807) is 12.7 Å². The molecule has 0 aromatic heterocycles. The molecular weight excluding hydrogens is 452 g/mol. The molecule has 0 saturated heterocycles. The van der Waals surface area contributed by atoms with Gasteiger partial charge >= 0.3 is 0 Å². The van der Waals surface area contributed by atoms with Gasteiger partial charge in [-0.1, -0.05) is 52.0 Å². The first kappa shape index (κ1) is 27.9. The van der Waals surface area contributed by atoms with Gasteiger partial charge in [-0.2, -0.15) is 0 Å². The second-order valence-corrected chi connectivity index (χ2v) is 12.7. The van der Waals surface area contributed by atoms with Gasteiger partial charge in [0, 0.05) is 10.6 Å². The molecule has 3 nitrogen and oxygen atoms in total. The highest BCUT2D eigenvalue weighted by atomic mass is 32.2. The quantitative estimate of drug-likeness (QED) is 0.380. The molecule has 35 heavy (non-hydrogen) atoms. The Labute approximate surface area is 216 Å². The van der Waals surface area contributed by atoms with Gasteiger partial charge in [-0.25, -0.2) is 0 Å². The summed E-state index contributed by atoms with van der Waals surface area (Å²) >= 11 is 0. The normalized spacial score (nSPS) is 30.3. The number of ether oxygens (including phenoxy) is 1. The average molecular weight is 499 g/mol. The Morgan fingerprint density at radius 1 is 1.20 bits per heavy atom. The smallest absolute Gasteiger partial charge is 0.118 e. The first-order chi connectivity index (χ1) is 16.7. The Bertz CT molecular complexity index is 944. The molecule has 1 N–H and O–H groups in total. The fourth-order valence-corrected chi connectivity index (χ4v) is 7.20. The van der Waals surface area contributed by atoms with Crippen molar-refractivity contribution in [2.75, 3.05) is 12.9 Å². The lowest BCUT2D eigenvalue weighted by Gasteiger charge is -2.48. The van der Waals surface area contributed by atoms with Crippen LogP contribution in [0.5, 0.6) is 5.75 Å². The lowest BCUT2D eigenvalue weighted by atomic mass is 9.57. The number of aliphatic hydroxyl groups excluding tert-OH is 1. The van der Waals surface area contributed by atoms with Crippen LogP contribution in [0.4, 0.5) is 0 Å². The Balaban J connectivity index is 1.58. The minimum absolute atomic E-state index is 0.264. The molecule has 0 aliphatic heterocycles. The lowest BCUT2D eigenvalue weighted by Crippen LogP contribution is -2.39. The molecule has 0 bridgehead atoms. The number of hydrogen-bond acceptors (Lipinski definition) is 3. The maximum Gasteiger partial charge on any atom is 0.118 e. The van der Waals surface area contributed by atoms with Crippen molar-refractivity contribution in [3.63, 3.8) is 0 Å². The second-order valence-electron chi connectivity index (χ2n) is 11.1. The number of allylic oxidation sites excluding steroid dienone is 3. The van der Waals surface area contributed by atoms with Crippen molar-refractivity contribution in [3.8, 4) is 5.75 Å². The van der Waals surface area contributed by atoms with Crippen LogP contribution in [0.3, 0.4) is 0 Å². The van der Waals surface area contributed by atoms with Gasteiger partial charge in [0.25, 0.3) is 0 Å². The molecule has 5 unspecified atom stereocenters. The van der Waals surface area contributed by atoms with Gasteiger partial charge in [-0.3, -0.25) is 4.21 Å². The predicted molar refractivity (Wildman–Crippen MR) is 148 cm³/mol.